The molecular formula is C29H36N2O3. The minimum absolute atomic E-state index is 0.0691. The number of carbonyl (C=O) groups is 2. The SMILES string of the molecule is COc1ccc([C@H]2[C@H](C(=O)N3CCC(C)CC3)c3ccccc3C(=O)N2C2CCCCC2)cc1. The van der Waals surface area contributed by atoms with E-state index < -0.39 is 5.92 Å². The molecule has 34 heavy (non-hydrogen) atoms. The average Bonchev–Trinajstić information content (AvgIpc) is 2.89. The summed E-state index contributed by atoms with van der Waals surface area (Å²) in [7, 11) is 1.66. The van der Waals surface area contributed by atoms with Gasteiger partial charge in [-0.3, -0.25) is 9.59 Å². The number of amides is 2. The van der Waals surface area contributed by atoms with Crippen LogP contribution in [0.15, 0.2) is 48.5 Å². The van der Waals surface area contributed by atoms with Crippen molar-refractivity contribution < 1.29 is 14.3 Å². The Morgan fingerprint density at radius 1 is 0.912 bits per heavy atom. The van der Waals surface area contributed by atoms with Gasteiger partial charge in [0.15, 0.2) is 0 Å². The number of piperidine rings is 1. The summed E-state index contributed by atoms with van der Waals surface area (Å²) in [6.45, 7) is 3.86. The summed E-state index contributed by atoms with van der Waals surface area (Å²) in [4.78, 5) is 32.3. The molecule has 5 nitrogen and oxygen atoms in total. The zero-order valence-electron chi connectivity index (χ0n) is 20.4. The Labute approximate surface area is 203 Å². The molecule has 2 atom stereocenters. The highest BCUT2D eigenvalue weighted by Crippen LogP contribution is 2.47. The molecule has 2 amide bonds. The van der Waals surface area contributed by atoms with Crippen LogP contribution in [0.25, 0.3) is 0 Å². The van der Waals surface area contributed by atoms with Gasteiger partial charge in [0.05, 0.1) is 19.1 Å². The summed E-state index contributed by atoms with van der Waals surface area (Å²) in [5, 5.41) is 0. The number of rotatable bonds is 4. The van der Waals surface area contributed by atoms with Crippen LogP contribution >= 0.6 is 0 Å². The van der Waals surface area contributed by atoms with E-state index in [4.69, 9.17) is 4.74 Å². The highest BCUT2D eigenvalue weighted by atomic mass is 16.5. The summed E-state index contributed by atoms with van der Waals surface area (Å²) < 4.78 is 5.40. The van der Waals surface area contributed by atoms with Crippen LogP contribution < -0.4 is 4.74 Å². The molecule has 1 saturated carbocycles. The molecule has 1 aliphatic carbocycles. The molecule has 2 aromatic carbocycles. The van der Waals surface area contributed by atoms with Crippen molar-refractivity contribution in [1.82, 2.24) is 9.80 Å². The molecule has 2 aromatic rings. The Kier molecular flexibility index (Phi) is 6.62. The normalized spacial score (nSPS) is 24.1. The molecule has 0 unspecified atom stereocenters. The van der Waals surface area contributed by atoms with Crippen LogP contribution in [0.1, 0.15) is 85.3 Å². The summed E-state index contributed by atoms with van der Waals surface area (Å²) in [6.07, 6.45) is 7.57. The zero-order chi connectivity index (χ0) is 23.7. The molecule has 2 heterocycles. The van der Waals surface area contributed by atoms with E-state index >= 15 is 0 Å². The van der Waals surface area contributed by atoms with Crippen LogP contribution in [0.3, 0.4) is 0 Å². The van der Waals surface area contributed by atoms with Crippen LogP contribution in [0.2, 0.25) is 0 Å². The summed E-state index contributed by atoms with van der Waals surface area (Å²) in [5.41, 5.74) is 2.59. The molecule has 0 spiro atoms. The molecule has 2 fully saturated rings. The molecule has 0 bridgehead atoms. The number of carbonyl (C=O) groups excluding carboxylic acids is 2. The first-order chi connectivity index (χ1) is 16.6. The maximum absolute atomic E-state index is 14.2. The fourth-order valence-corrected chi connectivity index (χ4v) is 6.16. The number of methoxy groups -OCH3 is 1. The second-order valence-corrected chi connectivity index (χ2v) is 10.3. The van der Waals surface area contributed by atoms with Crippen LogP contribution in [-0.4, -0.2) is 47.9 Å². The van der Waals surface area contributed by atoms with Crippen molar-refractivity contribution in [3.8, 4) is 5.75 Å². The maximum atomic E-state index is 14.2. The van der Waals surface area contributed by atoms with Gasteiger partial charge in [0.1, 0.15) is 5.75 Å². The largest absolute Gasteiger partial charge is 0.497 e. The Balaban J connectivity index is 1.63. The smallest absolute Gasteiger partial charge is 0.254 e. The Hall–Kier alpha value is -2.82. The maximum Gasteiger partial charge on any atom is 0.254 e. The van der Waals surface area contributed by atoms with Crippen molar-refractivity contribution in [2.45, 2.75) is 69.9 Å². The second-order valence-electron chi connectivity index (χ2n) is 10.3. The molecule has 5 heteroatoms. The number of benzene rings is 2. The third kappa shape index (κ3) is 4.21. The van der Waals surface area contributed by atoms with Gasteiger partial charge in [-0.05, 0) is 60.9 Å². The van der Waals surface area contributed by atoms with Crippen molar-refractivity contribution in [2.24, 2.45) is 5.92 Å². The topological polar surface area (TPSA) is 49.9 Å². The van der Waals surface area contributed by atoms with E-state index in [1.807, 2.05) is 53.4 Å². The predicted octanol–water partition coefficient (Wildman–Crippen LogP) is 5.57. The quantitative estimate of drug-likeness (QED) is 0.600. The fraction of sp³-hybridized carbons (Fsp3) is 0.517. The Bertz CT molecular complexity index is 1020. The van der Waals surface area contributed by atoms with Crippen molar-refractivity contribution in [3.05, 3.63) is 65.2 Å². The van der Waals surface area contributed by atoms with E-state index in [1.54, 1.807) is 7.11 Å². The first-order valence-electron chi connectivity index (χ1n) is 12.9. The lowest BCUT2D eigenvalue weighted by Gasteiger charge is -2.48. The van der Waals surface area contributed by atoms with Gasteiger partial charge in [0, 0.05) is 24.7 Å². The molecule has 5 rings (SSSR count). The Morgan fingerprint density at radius 2 is 1.59 bits per heavy atom. The third-order valence-electron chi connectivity index (χ3n) is 8.16. The van der Waals surface area contributed by atoms with Crippen LogP contribution in [0.5, 0.6) is 5.75 Å². The first kappa shape index (κ1) is 22.9. The van der Waals surface area contributed by atoms with Gasteiger partial charge < -0.3 is 14.5 Å². The molecule has 2 aliphatic heterocycles. The second kappa shape index (κ2) is 9.81. The summed E-state index contributed by atoms with van der Waals surface area (Å²) >= 11 is 0. The number of likely N-dealkylation sites (tertiary alicyclic amines) is 1. The first-order valence-corrected chi connectivity index (χ1v) is 12.9. The van der Waals surface area contributed by atoms with E-state index in [1.165, 1.54) is 6.42 Å². The minimum Gasteiger partial charge on any atom is -0.497 e. The lowest BCUT2D eigenvalue weighted by atomic mass is 9.76. The number of fused-ring (bicyclic) bond motifs is 1. The number of nitrogens with zero attached hydrogens (tertiary/aromatic N) is 2. The summed E-state index contributed by atoms with van der Waals surface area (Å²) in [6, 6.07) is 15.6. The van der Waals surface area contributed by atoms with Crippen LogP contribution in [-0.2, 0) is 4.79 Å². The van der Waals surface area contributed by atoms with E-state index in [2.05, 4.69) is 11.8 Å². The number of hydrogen-bond donors (Lipinski definition) is 0. The average molecular weight is 461 g/mol. The van der Waals surface area contributed by atoms with Gasteiger partial charge >= 0.3 is 0 Å². The van der Waals surface area contributed by atoms with Crippen molar-refractivity contribution in [1.29, 1.82) is 0 Å². The Morgan fingerprint density at radius 3 is 2.26 bits per heavy atom. The van der Waals surface area contributed by atoms with Gasteiger partial charge in [-0.2, -0.15) is 0 Å². The van der Waals surface area contributed by atoms with Gasteiger partial charge in [0.2, 0.25) is 5.91 Å². The molecule has 1 saturated heterocycles. The van der Waals surface area contributed by atoms with Gasteiger partial charge in [0.25, 0.3) is 5.91 Å². The zero-order valence-corrected chi connectivity index (χ0v) is 20.4. The molecule has 3 aliphatic rings. The van der Waals surface area contributed by atoms with Crippen LogP contribution in [0, 0.1) is 5.92 Å². The molecule has 0 N–H and O–H groups in total. The fourth-order valence-electron chi connectivity index (χ4n) is 6.16. The third-order valence-corrected chi connectivity index (χ3v) is 8.16. The van der Waals surface area contributed by atoms with E-state index in [9.17, 15) is 9.59 Å². The van der Waals surface area contributed by atoms with Gasteiger partial charge in [-0.1, -0.05) is 56.5 Å². The lowest BCUT2D eigenvalue weighted by Crippen LogP contribution is -2.53. The summed E-state index contributed by atoms with van der Waals surface area (Å²) in [5.74, 6) is 1.27. The van der Waals surface area contributed by atoms with E-state index in [-0.39, 0.29) is 23.9 Å². The van der Waals surface area contributed by atoms with Crippen LogP contribution in [0.4, 0.5) is 0 Å². The molecule has 0 aromatic heterocycles. The molecule has 0 radical (unpaired) electrons. The van der Waals surface area contributed by atoms with E-state index in [0.717, 1.165) is 68.5 Å². The number of ether oxygens (including phenoxy) is 1. The van der Waals surface area contributed by atoms with Crippen molar-refractivity contribution >= 4 is 11.8 Å². The number of hydrogen-bond acceptors (Lipinski definition) is 3. The van der Waals surface area contributed by atoms with Gasteiger partial charge in [-0.25, -0.2) is 0 Å². The van der Waals surface area contributed by atoms with E-state index in [0.29, 0.717) is 11.5 Å². The van der Waals surface area contributed by atoms with Crippen molar-refractivity contribution in [3.63, 3.8) is 0 Å². The molecular weight excluding hydrogens is 424 g/mol. The monoisotopic (exact) mass is 460 g/mol. The predicted molar refractivity (Wildman–Crippen MR) is 133 cm³/mol. The highest BCUT2D eigenvalue weighted by molar-refractivity contribution is 6.01. The minimum atomic E-state index is -0.391. The van der Waals surface area contributed by atoms with Gasteiger partial charge in [-0.15, -0.1) is 0 Å². The molecule has 180 valence electrons. The van der Waals surface area contributed by atoms with Crippen molar-refractivity contribution in [2.75, 3.05) is 20.2 Å². The highest BCUT2D eigenvalue weighted by Gasteiger charge is 2.47. The lowest BCUT2D eigenvalue weighted by molar-refractivity contribution is -0.136. The standard InChI is InChI=1S/C29H36N2O3/c1-20-16-18-30(19-17-20)29(33)26-24-10-6-7-11-25(24)28(32)31(22-8-4-3-5-9-22)27(26)21-12-14-23(34-2)15-13-21/h6-7,10-15,20,22,26-27H,3-5,8-9,16-19H2,1-2H3/t26-,27+/m1/s1.